The standard InChI is InChI=1S/C14H19NO4/c1-3-15(7-6-14(16)17)10(2)11-4-5-12-13(8-11)19-9-18-12/h4-5,8,10H,3,6-7,9H2,1-2H3,(H,16,17). The topological polar surface area (TPSA) is 59.0 Å². The van der Waals surface area contributed by atoms with Crippen molar-refractivity contribution in [1.82, 2.24) is 4.90 Å². The minimum absolute atomic E-state index is 0.152. The van der Waals surface area contributed by atoms with Gasteiger partial charge >= 0.3 is 5.97 Å². The Bertz CT molecular complexity index is 461. The van der Waals surface area contributed by atoms with Gasteiger partial charge in [-0.05, 0) is 31.2 Å². The number of fused-ring (bicyclic) bond motifs is 1. The summed E-state index contributed by atoms with van der Waals surface area (Å²) in [4.78, 5) is 12.8. The van der Waals surface area contributed by atoms with Crippen molar-refractivity contribution in [3.63, 3.8) is 0 Å². The number of nitrogens with zero attached hydrogens (tertiary/aromatic N) is 1. The van der Waals surface area contributed by atoms with Crippen LogP contribution >= 0.6 is 0 Å². The number of aliphatic carboxylic acids is 1. The van der Waals surface area contributed by atoms with E-state index in [1.54, 1.807) is 0 Å². The molecule has 1 heterocycles. The smallest absolute Gasteiger partial charge is 0.304 e. The Kier molecular flexibility index (Phi) is 4.27. The first-order chi connectivity index (χ1) is 9.11. The van der Waals surface area contributed by atoms with Gasteiger partial charge in [0.25, 0.3) is 0 Å². The number of benzene rings is 1. The summed E-state index contributed by atoms with van der Waals surface area (Å²) in [7, 11) is 0. The van der Waals surface area contributed by atoms with Crippen LogP contribution in [0.4, 0.5) is 0 Å². The number of carboxylic acids is 1. The van der Waals surface area contributed by atoms with Crippen LogP contribution in [0.25, 0.3) is 0 Å². The first kappa shape index (κ1) is 13.7. The molecule has 0 saturated carbocycles. The van der Waals surface area contributed by atoms with E-state index in [0.29, 0.717) is 6.54 Å². The minimum atomic E-state index is -0.767. The average molecular weight is 265 g/mol. The lowest BCUT2D eigenvalue weighted by atomic mass is 10.1. The van der Waals surface area contributed by atoms with Crippen LogP contribution in [0.15, 0.2) is 18.2 Å². The first-order valence-electron chi connectivity index (χ1n) is 6.47. The summed E-state index contributed by atoms with van der Waals surface area (Å²) in [6.07, 6.45) is 0.155. The molecule has 1 unspecified atom stereocenters. The van der Waals surface area contributed by atoms with Crippen molar-refractivity contribution in [3.8, 4) is 11.5 Å². The summed E-state index contributed by atoms with van der Waals surface area (Å²) in [6, 6.07) is 6.02. The summed E-state index contributed by atoms with van der Waals surface area (Å²) in [5, 5.41) is 8.77. The number of hydrogen-bond donors (Lipinski definition) is 1. The van der Waals surface area contributed by atoms with Gasteiger partial charge in [0.1, 0.15) is 0 Å². The van der Waals surface area contributed by atoms with E-state index in [9.17, 15) is 4.79 Å². The third-order valence-corrected chi connectivity index (χ3v) is 3.45. The molecule has 0 spiro atoms. The predicted octanol–water partition coefficient (Wildman–Crippen LogP) is 2.27. The third kappa shape index (κ3) is 3.17. The molecule has 0 fully saturated rings. The highest BCUT2D eigenvalue weighted by atomic mass is 16.7. The Morgan fingerprint density at radius 3 is 2.84 bits per heavy atom. The van der Waals surface area contributed by atoms with Crippen molar-refractivity contribution < 1.29 is 19.4 Å². The minimum Gasteiger partial charge on any atom is -0.481 e. The highest BCUT2D eigenvalue weighted by Crippen LogP contribution is 2.35. The van der Waals surface area contributed by atoms with E-state index in [2.05, 4.69) is 11.8 Å². The molecule has 5 heteroatoms. The van der Waals surface area contributed by atoms with E-state index in [0.717, 1.165) is 23.6 Å². The molecule has 1 aromatic rings. The second-order valence-corrected chi connectivity index (χ2v) is 4.56. The molecule has 0 saturated heterocycles. The normalized spacial score (nSPS) is 14.7. The van der Waals surface area contributed by atoms with Crippen LogP contribution in [-0.2, 0) is 4.79 Å². The van der Waals surface area contributed by atoms with Crippen LogP contribution in [-0.4, -0.2) is 35.9 Å². The van der Waals surface area contributed by atoms with E-state index in [4.69, 9.17) is 14.6 Å². The maximum atomic E-state index is 10.7. The van der Waals surface area contributed by atoms with Gasteiger partial charge in [-0.2, -0.15) is 0 Å². The number of rotatable bonds is 6. The molecule has 5 nitrogen and oxygen atoms in total. The molecule has 19 heavy (non-hydrogen) atoms. The fraction of sp³-hybridized carbons (Fsp3) is 0.500. The van der Waals surface area contributed by atoms with Gasteiger partial charge < -0.3 is 14.6 Å². The van der Waals surface area contributed by atoms with E-state index < -0.39 is 5.97 Å². The number of carbonyl (C=O) groups is 1. The number of hydrogen-bond acceptors (Lipinski definition) is 4. The van der Waals surface area contributed by atoms with E-state index in [1.165, 1.54) is 0 Å². The number of ether oxygens (including phenoxy) is 2. The van der Waals surface area contributed by atoms with Gasteiger partial charge in [-0.1, -0.05) is 13.0 Å². The molecule has 0 aliphatic carbocycles. The van der Waals surface area contributed by atoms with Crippen molar-refractivity contribution >= 4 is 5.97 Å². The van der Waals surface area contributed by atoms with E-state index >= 15 is 0 Å². The molecule has 0 amide bonds. The summed E-state index contributed by atoms with van der Waals surface area (Å²) in [6.45, 7) is 5.72. The molecule has 1 aliphatic heterocycles. The number of carboxylic acid groups (broad SMARTS) is 1. The quantitative estimate of drug-likeness (QED) is 0.855. The zero-order valence-corrected chi connectivity index (χ0v) is 11.3. The Balaban J connectivity index is 2.08. The summed E-state index contributed by atoms with van der Waals surface area (Å²) in [5.74, 6) is 0.763. The van der Waals surface area contributed by atoms with Crippen LogP contribution in [0.1, 0.15) is 31.9 Å². The fourth-order valence-electron chi connectivity index (χ4n) is 2.25. The molecular formula is C14H19NO4. The summed E-state index contributed by atoms with van der Waals surface area (Å²) < 4.78 is 10.7. The first-order valence-corrected chi connectivity index (χ1v) is 6.47. The molecule has 0 aromatic heterocycles. The van der Waals surface area contributed by atoms with Crippen LogP contribution < -0.4 is 9.47 Å². The lowest BCUT2D eigenvalue weighted by Crippen LogP contribution is -2.29. The average Bonchev–Trinajstić information content (AvgIpc) is 2.85. The largest absolute Gasteiger partial charge is 0.481 e. The highest BCUT2D eigenvalue weighted by Gasteiger charge is 2.19. The maximum absolute atomic E-state index is 10.7. The van der Waals surface area contributed by atoms with Crippen molar-refractivity contribution in [1.29, 1.82) is 0 Å². The van der Waals surface area contributed by atoms with Crippen molar-refractivity contribution in [2.24, 2.45) is 0 Å². The van der Waals surface area contributed by atoms with Crippen molar-refractivity contribution in [2.75, 3.05) is 19.9 Å². The Morgan fingerprint density at radius 2 is 2.16 bits per heavy atom. The molecule has 104 valence electrons. The molecule has 1 aliphatic rings. The lowest BCUT2D eigenvalue weighted by molar-refractivity contribution is -0.137. The second kappa shape index (κ2) is 5.93. The van der Waals surface area contributed by atoms with Crippen LogP contribution in [0.2, 0.25) is 0 Å². The van der Waals surface area contributed by atoms with Gasteiger partial charge in [0.2, 0.25) is 6.79 Å². The van der Waals surface area contributed by atoms with Crippen LogP contribution in [0.5, 0.6) is 11.5 Å². The molecule has 1 aromatic carbocycles. The second-order valence-electron chi connectivity index (χ2n) is 4.56. The van der Waals surface area contributed by atoms with Crippen molar-refractivity contribution in [3.05, 3.63) is 23.8 Å². The van der Waals surface area contributed by atoms with E-state index in [-0.39, 0.29) is 19.3 Å². The van der Waals surface area contributed by atoms with Gasteiger partial charge in [-0.15, -0.1) is 0 Å². The van der Waals surface area contributed by atoms with Gasteiger partial charge in [0.15, 0.2) is 11.5 Å². The zero-order chi connectivity index (χ0) is 13.8. The summed E-state index contributed by atoms with van der Waals surface area (Å²) >= 11 is 0. The van der Waals surface area contributed by atoms with Crippen LogP contribution in [0, 0.1) is 0 Å². The zero-order valence-electron chi connectivity index (χ0n) is 11.3. The molecule has 0 radical (unpaired) electrons. The predicted molar refractivity (Wildman–Crippen MR) is 70.5 cm³/mol. The maximum Gasteiger partial charge on any atom is 0.304 e. The Morgan fingerprint density at radius 1 is 1.42 bits per heavy atom. The van der Waals surface area contributed by atoms with Gasteiger partial charge in [-0.25, -0.2) is 0 Å². The highest BCUT2D eigenvalue weighted by molar-refractivity contribution is 5.66. The molecule has 0 bridgehead atoms. The van der Waals surface area contributed by atoms with Gasteiger partial charge in [0.05, 0.1) is 6.42 Å². The third-order valence-electron chi connectivity index (χ3n) is 3.45. The molecule has 1 N–H and O–H groups in total. The van der Waals surface area contributed by atoms with Gasteiger partial charge in [-0.3, -0.25) is 9.69 Å². The molecule has 1 atom stereocenters. The van der Waals surface area contributed by atoms with Crippen LogP contribution in [0.3, 0.4) is 0 Å². The van der Waals surface area contributed by atoms with Crippen molar-refractivity contribution in [2.45, 2.75) is 26.3 Å². The monoisotopic (exact) mass is 265 g/mol. The Hall–Kier alpha value is -1.75. The Labute approximate surface area is 112 Å². The van der Waals surface area contributed by atoms with Gasteiger partial charge in [0, 0.05) is 12.6 Å². The van der Waals surface area contributed by atoms with E-state index in [1.807, 2.05) is 25.1 Å². The lowest BCUT2D eigenvalue weighted by Gasteiger charge is -2.27. The SMILES string of the molecule is CCN(CCC(=O)O)C(C)c1ccc2c(c1)OCO2. The molecular weight excluding hydrogens is 246 g/mol. The molecule has 2 rings (SSSR count). The summed E-state index contributed by atoms with van der Waals surface area (Å²) in [5.41, 5.74) is 1.11. The fourth-order valence-corrected chi connectivity index (χ4v) is 2.25.